The predicted octanol–water partition coefficient (Wildman–Crippen LogP) is 5.85. The van der Waals surface area contributed by atoms with Crippen molar-refractivity contribution in [1.82, 2.24) is 4.57 Å². The first kappa shape index (κ1) is 18.7. The lowest BCUT2D eigenvalue weighted by Crippen LogP contribution is -2.50. The summed E-state index contributed by atoms with van der Waals surface area (Å²) in [6, 6.07) is 26.8. The molecule has 3 atom stereocenters. The smallest absolute Gasteiger partial charge is 0.110 e. The molecule has 1 saturated heterocycles. The Balaban J connectivity index is 1.93. The molecule has 1 aliphatic rings. The molecule has 0 spiro atoms. The predicted molar refractivity (Wildman–Crippen MR) is 119 cm³/mol. The summed E-state index contributed by atoms with van der Waals surface area (Å²) in [4.78, 5) is 5.25. The van der Waals surface area contributed by atoms with Crippen LogP contribution < -0.4 is 9.80 Å². The third kappa shape index (κ3) is 3.09. The second kappa shape index (κ2) is 7.05. The topological polar surface area (TPSA) is 11.4 Å². The molecule has 0 N–H and O–H groups in total. The second-order valence-electron chi connectivity index (χ2n) is 8.96. The molecule has 4 rings (SSSR count). The molecule has 3 nitrogen and oxygen atoms in total. The normalized spacial score (nSPS) is 22.7. The van der Waals surface area contributed by atoms with Gasteiger partial charge >= 0.3 is 0 Å². The molecule has 0 amide bonds. The zero-order chi connectivity index (χ0) is 19.9. The second-order valence-corrected chi connectivity index (χ2v) is 8.96. The Morgan fingerprint density at radius 3 is 1.89 bits per heavy atom. The number of hydrogen-bond donors (Lipinski definition) is 0. The summed E-state index contributed by atoms with van der Waals surface area (Å²) in [6.07, 6.45) is 2.38. The van der Waals surface area contributed by atoms with E-state index in [-0.39, 0.29) is 17.6 Å². The number of aromatic nitrogens is 1. The summed E-state index contributed by atoms with van der Waals surface area (Å²) in [6.45, 7) is 9.42. The highest BCUT2D eigenvalue weighted by molar-refractivity contribution is 5.60. The molecule has 2 aromatic carbocycles. The van der Waals surface area contributed by atoms with Crippen LogP contribution in [0.2, 0.25) is 0 Å². The van der Waals surface area contributed by atoms with Crippen LogP contribution in [0.4, 0.5) is 11.5 Å². The highest BCUT2D eigenvalue weighted by atomic mass is 15.5. The summed E-state index contributed by atoms with van der Waals surface area (Å²) < 4.78 is 2.24. The van der Waals surface area contributed by atoms with Gasteiger partial charge in [-0.3, -0.25) is 0 Å². The Kier molecular flexibility index (Phi) is 4.70. The third-order valence-electron chi connectivity index (χ3n) is 5.87. The minimum atomic E-state index is 0.0674. The van der Waals surface area contributed by atoms with Crippen LogP contribution in [-0.4, -0.2) is 16.8 Å². The average molecular weight is 374 g/mol. The molecular formula is C25H31N3. The quantitative estimate of drug-likeness (QED) is 0.570. The van der Waals surface area contributed by atoms with E-state index in [2.05, 4.69) is 128 Å². The summed E-state index contributed by atoms with van der Waals surface area (Å²) in [7, 11) is 2.14. The van der Waals surface area contributed by atoms with Crippen molar-refractivity contribution in [1.29, 1.82) is 0 Å². The third-order valence-corrected chi connectivity index (χ3v) is 5.87. The van der Waals surface area contributed by atoms with Crippen LogP contribution in [0, 0.1) is 5.41 Å². The molecule has 28 heavy (non-hydrogen) atoms. The standard InChI is InChI=1S/C25H31N3/c1-19-23(20-13-8-6-9-14-20)28(21-15-10-7-11-16-21)24(25(2,3)4)27(19)22-17-12-18-26(22)5/h6-19,23-24H,1-5H3/t19-,23?,24?/m0/s1. The average Bonchev–Trinajstić information content (AvgIpc) is 3.23. The lowest BCUT2D eigenvalue weighted by molar-refractivity contribution is 0.314. The number of aryl methyl sites for hydroxylation is 1. The molecule has 2 unspecified atom stereocenters. The van der Waals surface area contributed by atoms with Gasteiger partial charge in [0.05, 0.1) is 12.1 Å². The molecule has 3 aromatic rings. The van der Waals surface area contributed by atoms with Gasteiger partial charge in [-0.2, -0.15) is 0 Å². The van der Waals surface area contributed by atoms with Crippen molar-refractivity contribution in [3.8, 4) is 0 Å². The number of anilines is 2. The fourth-order valence-corrected chi connectivity index (χ4v) is 4.77. The van der Waals surface area contributed by atoms with E-state index >= 15 is 0 Å². The first-order valence-electron chi connectivity index (χ1n) is 10.2. The maximum Gasteiger partial charge on any atom is 0.110 e. The molecule has 2 heterocycles. The largest absolute Gasteiger partial charge is 0.341 e. The summed E-state index contributed by atoms with van der Waals surface area (Å²) in [5.41, 5.74) is 2.71. The zero-order valence-electron chi connectivity index (χ0n) is 17.6. The van der Waals surface area contributed by atoms with E-state index in [1.807, 2.05) is 0 Å². The highest BCUT2D eigenvalue weighted by Gasteiger charge is 2.50. The fourth-order valence-electron chi connectivity index (χ4n) is 4.77. The van der Waals surface area contributed by atoms with Crippen molar-refractivity contribution in [2.45, 2.75) is 45.9 Å². The fraction of sp³-hybridized carbons (Fsp3) is 0.360. The number of benzene rings is 2. The minimum absolute atomic E-state index is 0.0674. The molecule has 1 aliphatic heterocycles. The van der Waals surface area contributed by atoms with E-state index in [0.29, 0.717) is 6.04 Å². The van der Waals surface area contributed by atoms with E-state index in [1.165, 1.54) is 17.1 Å². The van der Waals surface area contributed by atoms with Crippen LogP contribution >= 0.6 is 0 Å². The Hall–Kier alpha value is -2.68. The van der Waals surface area contributed by atoms with Gasteiger partial charge in [0.15, 0.2) is 0 Å². The van der Waals surface area contributed by atoms with Crippen LogP contribution in [0.1, 0.15) is 39.3 Å². The van der Waals surface area contributed by atoms with Gasteiger partial charge in [0, 0.05) is 24.3 Å². The van der Waals surface area contributed by atoms with Crippen LogP contribution in [0.5, 0.6) is 0 Å². The summed E-state index contributed by atoms with van der Waals surface area (Å²) in [5, 5.41) is 0. The van der Waals surface area contributed by atoms with E-state index in [1.54, 1.807) is 0 Å². The van der Waals surface area contributed by atoms with Gasteiger partial charge in [-0.15, -0.1) is 0 Å². The summed E-state index contributed by atoms with van der Waals surface area (Å²) in [5.74, 6) is 1.27. The number of rotatable bonds is 3. The van der Waals surface area contributed by atoms with Gasteiger partial charge in [0.1, 0.15) is 12.0 Å². The minimum Gasteiger partial charge on any atom is -0.341 e. The molecule has 0 saturated carbocycles. The van der Waals surface area contributed by atoms with Crippen molar-refractivity contribution in [2.24, 2.45) is 12.5 Å². The van der Waals surface area contributed by atoms with E-state index in [4.69, 9.17) is 0 Å². The van der Waals surface area contributed by atoms with Crippen LogP contribution in [0.25, 0.3) is 0 Å². The molecule has 3 heteroatoms. The van der Waals surface area contributed by atoms with Gasteiger partial charge in [0.25, 0.3) is 0 Å². The maximum absolute atomic E-state index is 2.63. The van der Waals surface area contributed by atoms with Crippen molar-refractivity contribution in [3.05, 3.63) is 84.6 Å². The number of para-hydroxylation sites is 1. The van der Waals surface area contributed by atoms with E-state index < -0.39 is 0 Å². The lowest BCUT2D eigenvalue weighted by atomic mass is 9.90. The molecule has 1 aromatic heterocycles. The van der Waals surface area contributed by atoms with Crippen LogP contribution in [0.15, 0.2) is 79.0 Å². The van der Waals surface area contributed by atoms with E-state index in [9.17, 15) is 0 Å². The van der Waals surface area contributed by atoms with Gasteiger partial charge < -0.3 is 14.4 Å². The molecule has 146 valence electrons. The highest BCUT2D eigenvalue weighted by Crippen LogP contribution is 2.48. The molecule has 1 fully saturated rings. The van der Waals surface area contributed by atoms with Gasteiger partial charge in [-0.1, -0.05) is 69.3 Å². The zero-order valence-corrected chi connectivity index (χ0v) is 17.6. The van der Waals surface area contributed by atoms with Gasteiger partial charge in [0.2, 0.25) is 0 Å². The van der Waals surface area contributed by atoms with Crippen molar-refractivity contribution in [2.75, 3.05) is 9.80 Å². The lowest BCUT2D eigenvalue weighted by Gasteiger charge is -2.42. The van der Waals surface area contributed by atoms with Crippen LogP contribution in [0.3, 0.4) is 0 Å². The number of nitrogens with zero attached hydrogens (tertiary/aromatic N) is 3. The molecule has 0 aliphatic carbocycles. The first-order valence-corrected chi connectivity index (χ1v) is 10.2. The Morgan fingerprint density at radius 1 is 0.750 bits per heavy atom. The molecule has 0 radical (unpaired) electrons. The number of hydrogen-bond acceptors (Lipinski definition) is 2. The van der Waals surface area contributed by atoms with Crippen LogP contribution in [-0.2, 0) is 7.05 Å². The Morgan fingerprint density at radius 2 is 1.36 bits per heavy atom. The molecule has 0 bridgehead atoms. The first-order chi connectivity index (χ1) is 13.4. The van der Waals surface area contributed by atoms with Gasteiger partial charge in [-0.05, 0) is 36.8 Å². The van der Waals surface area contributed by atoms with Gasteiger partial charge in [-0.25, -0.2) is 0 Å². The van der Waals surface area contributed by atoms with E-state index in [0.717, 1.165) is 0 Å². The van der Waals surface area contributed by atoms with Crippen molar-refractivity contribution < 1.29 is 0 Å². The van der Waals surface area contributed by atoms with Crippen molar-refractivity contribution in [3.63, 3.8) is 0 Å². The van der Waals surface area contributed by atoms with Crippen molar-refractivity contribution >= 4 is 11.5 Å². The Bertz CT molecular complexity index is 908. The maximum atomic E-state index is 2.63. The monoisotopic (exact) mass is 373 g/mol. The molecular weight excluding hydrogens is 342 g/mol. The SMILES string of the molecule is C[C@H]1C(c2ccccc2)N(c2ccccc2)C(C(C)(C)C)N1c1cccn1C. The Labute approximate surface area is 169 Å². The summed E-state index contributed by atoms with van der Waals surface area (Å²) >= 11 is 0.